The Balaban J connectivity index is 1.68. The first-order valence-corrected chi connectivity index (χ1v) is 11.2. The highest BCUT2D eigenvalue weighted by molar-refractivity contribution is 5.94. The van der Waals surface area contributed by atoms with E-state index in [0.29, 0.717) is 11.6 Å². The number of nitrogens with one attached hydrogen (secondary N) is 1. The number of benzene rings is 1. The molecule has 3 aromatic rings. The highest BCUT2D eigenvalue weighted by Crippen LogP contribution is 2.30. The fourth-order valence-electron chi connectivity index (χ4n) is 4.63. The Morgan fingerprint density at radius 1 is 1.25 bits per heavy atom. The molecule has 0 saturated carbocycles. The molecule has 0 aliphatic carbocycles. The SMILES string of the molecule is Cc1c(C#N)cccc1[C@@H](C)Nc1nnc(C)c2cnc(N(C)[C@@H]3CCCN(C)C3)cc12. The van der Waals surface area contributed by atoms with E-state index in [4.69, 9.17) is 4.98 Å². The van der Waals surface area contributed by atoms with Crippen molar-refractivity contribution >= 4 is 22.4 Å². The van der Waals surface area contributed by atoms with Crippen molar-refractivity contribution in [1.29, 1.82) is 5.26 Å². The molecule has 0 amide bonds. The summed E-state index contributed by atoms with van der Waals surface area (Å²) in [5.74, 6) is 1.68. The summed E-state index contributed by atoms with van der Waals surface area (Å²) in [6, 6.07) is 10.6. The zero-order valence-corrected chi connectivity index (χ0v) is 19.6. The molecule has 1 saturated heterocycles. The maximum atomic E-state index is 9.39. The van der Waals surface area contributed by atoms with Crippen molar-refractivity contribution in [3.63, 3.8) is 0 Å². The van der Waals surface area contributed by atoms with E-state index >= 15 is 0 Å². The van der Waals surface area contributed by atoms with Gasteiger partial charge in [-0.15, -0.1) is 5.10 Å². The van der Waals surface area contributed by atoms with E-state index in [1.807, 2.05) is 32.2 Å². The van der Waals surface area contributed by atoms with Crippen molar-refractivity contribution in [2.45, 2.75) is 45.7 Å². The van der Waals surface area contributed by atoms with Gasteiger partial charge in [0.05, 0.1) is 23.4 Å². The number of hydrogen-bond donors (Lipinski definition) is 1. The average Bonchev–Trinajstić information content (AvgIpc) is 2.80. The summed E-state index contributed by atoms with van der Waals surface area (Å²) in [7, 11) is 4.31. The molecule has 0 bridgehead atoms. The normalized spacial score (nSPS) is 17.7. The van der Waals surface area contributed by atoms with Gasteiger partial charge >= 0.3 is 0 Å². The molecule has 3 heterocycles. The Morgan fingerprint density at radius 2 is 2.06 bits per heavy atom. The molecule has 166 valence electrons. The second-order valence-corrected chi connectivity index (χ2v) is 8.89. The minimum Gasteiger partial charge on any atom is -0.362 e. The first-order valence-electron chi connectivity index (χ1n) is 11.2. The molecular formula is C25H31N7. The lowest BCUT2D eigenvalue weighted by Gasteiger charge is -2.36. The molecule has 1 N–H and O–H groups in total. The van der Waals surface area contributed by atoms with Crippen LogP contribution in [0.4, 0.5) is 11.6 Å². The zero-order chi connectivity index (χ0) is 22.8. The monoisotopic (exact) mass is 429 g/mol. The minimum absolute atomic E-state index is 0.0233. The van der Waals surface area contributed by atoms with Crippen LogP contribution in [0.2, 0.25) is 0 Å². The first-order chi connectivity index (χ1) is 15.4. The van der Waals surface area contributed by atoms with Crippen molar-refractivity contribution < 1.29 is 0 Å². The number of likely N-dealkylation sites (tertiary alicyclic amines) is 1. The van der Waals surface area contributed by atoms with E-state index in [1.54, 1.807) is 0 Å². The summed E-state index contributed by atoms with van der Waals surface area (Å²) < 4.78 is 0. The summed E-state index contributed by atoms with van der Waals surface area (Å²) in [6.45, 7) is 8.24. The molecule has 0 radical (unpaired) electrons. The van der Waals surface area contributed by atoms with E-state index in [1.165, 1.54) is 12.8 Å². The van der Waals surface area contributed by atoms with E-state index in [9.17, 15) is 5.26 Å². The van der Waals surface area contributed by atoms with Gasteiger partial charge < -0.3 is 15.1 Å². The van der Waals surface area contributed by atoms with Crippen molar-refractivity contribution in [3.05, 3.63) is 52.8 Å². The number of nitrogens with zero attached hydrogens (tertiary/aromatic N) is 6. The molecular weight excluding hydrogens is 398 g/mol. The molecule has 2 aromatic heterocycles. The third kappa shape index (κ3) is 4.23. The number of piperidine rings is 1. The van der Waals surface area contributed by atoms with Gasteiger partial charge in [-0.25, -0.2) is 4.98 Å². The number of pyridine rings is 1. The lowest BCUT2D eigenvalue weighted by atomic mass is 9.98. The molecule has 7 nitrogen and oxygen atoms in total. The van der Waals surface area contributed by atoms with Crippen LogP contribution in [-0.4, -0.2) is 53.3 Å². The Kier molecular flexibility index (Phi) is 6.24. The van der Waals surface area contributed by atoms with Crippen LogP contribution in [0, 0.1) is 25.2 Å². The molecule has 32 heavy (non-hydrogen) atoms. The van der Waals surface area contributed by atoms with Crippen LogP contribution in [0.25, 0.3) is 10.8 Å². The van der Waals surface area contributed by atoms with Gasteiger partial charge in [-0.2, -0.15) is 10.4 Å². The lowest BCUT2D eigenvalue weighted by Crippen LogP contribution is -2.45. The van der Waals surface area contributed by atoms with Crippen molar-refractivity contribution in [1.82, 2.24) is 20.1 Å². The number of aromatic nitrogens is 3. The number of likely N-dealkylation sites (N-methyl/N-ethyl adjacent to an activating group) is 2. The van der Waals surface area contributed by atoms with Crippen LogP contribution < -0.4 is 10.2 Å². The molecule has 4 rings (SSSR count). The van der Waals surface area contributed by atoms with Crippen LogP contribution in [0.15, 0.2) is 30.5 Å². The topological polar surface area (TPSA) is 81.0 Å². The number of anilines is 2. The summed E-state index contributed by atoms with van der Waals surface area (Å²) in [5, 5.41) is 23.8. The summed E-state index contributed by atoms with van der Waals surface area (Å²) >= 11 is 0. The number of aryl methyl sites for hydroxylation is 1. The summed E-state index contributed by atoms with van der Waals surface area (Å²) in [6.07, 6.45) is 4.29. The molecule has 2 atom stereocenters. The highest BCUT2D eigenvalue weighted by atomic mass is 15.2. The molecule has 1 aliphatic heterocycles. The van der Waals surface area contributed by atoms with Gasteiger partial charge in [0.1, 0.15) is 5.82 Å². The lowest BCUT2D eigenvalue weighted by molar-refractivity contribution is 0.247. The smallest absolute Gasteiger partial charge is 0.157 e. The second kappa shape index (κ2) is 9.09. The van der Waals surface area contributed by atoms with Gasteiger partial charge in [-0.05, 0) is 70.5 Å². The predicted molar refractivity (Wildman–Crippen MR) is 129 cm³/mol. The Bertz CT molecular complexity index is 1170. The highest BCUT2D eigenvalue weighted by Gasteiger charge is 2.23. The van der Waals surface area contributed by atoms with Gasteiger partial charge in [0.2, 0.25) is 0 Å². The molecule has 1 aliphatic rings. The second-order valence-electron chi connectivity index (χ2n) is 8.89. The average molecular weight is 430 g/mol. The van der Waals surface area contributed by atoms with Crippen molar-refractivity contribution in [2.75, 3.05) is 37.4 Å². The minimum atomic E-state index is -0.0233. The fraction of sp³-hybridized carbons (Fsp3) is 0.440. The Morgan fingerprint density at radius 3 is 2.81 bits per heavy atom. The number of hydrogen-bond acceptors (Lipinski definition) is 7. The van der Waals surface area contributed by atoms with Gasteiger partial charge in [0, 0.05) is 36.6 Å². The zero-order valence-electron chi connectivity index (χ0n) is 19.6. The van der Waals surface area contributed by atoms with Crippen LogP contribution in [0.1, 0.15) is 48.2 Å². The van der Waals surface area contributed by atoms with Crippen molar-refractivity contribution in [2.24, 2.45) is 0 Å². The third-order valence-electron chi connectivity index (χ3n) is 6.66. The molecule has 7 heteroatoms. The summed E-state index contributed by atoms with van der Waals surface area (Å²) in [5.41, 5.74) is 3.63. The van der Waals surface area contributed by atoms with Crippen LogP contribution in [-0.2, 0) is 0 Å². The van der Waals surface area contributed by atoms with E-state index in [-0.39, 0.29) is 6.04 Å². The first kappa shape index (κ1) is 22.0. The van der Waals surface area contributed by atoms with E-state index in [2.05, 4.69) is 64.5 Å². The number of fused-ring (bicyclic) bond motifs is 1. The van der Waals surface area contributed by atoms with Crippen molar-refractivity contribution in [3.8, 4) is 6.07 Å². The number of nitriles is 1. The van der Waals surface area contributed by atoms with Crippen LogP contribution in [0.5, 0.6) is 0 Å². The third-order valence-corrected chi connectivity index (χ3v) is 6.66. The van der Waals surface area contributed by atoms with Gasteiger partial charge in [-0.3, -0.25) is 0 Å². The van der Waals surface area contributed by atoms with Gasteiger partial charge in [-0.1, -0.05) is 12.1 Å². The fourth-order valence-corrected chi connectivity index (χ4v) is 4.63. The Labute approximate surface area is 190 Å². The largest absolute Gasteiger partial charge is 0.362 e. The standard InChI is InChI=1S/C25H31N7/c1-16-19(13-26)8-6-10-21(16)17(2)28-25-22-12-24(27-14-23(22)18(3)29-30-25)32(5)20-9-7-11-31(4)15-20/h6,8,10,12,14,17,20H,7,9,11,15H2,1-5H3,(H,28,30)/t17-,20-/m1/s1. The van der Waals surface area contributed by atoms with Gasteiger partial charge in [0.15, 0.2) is 5.82 Å². The van der Waals surface area contributed by atoms with Crippen LogP contribution in [0.3, 0.4) is 0 Å². The Hall–Kier alpha value is -3.24. The molecule has 1 fully saturated rings. The van der Waals surface area contributed by atoms with Gasteiger partial charge in [0.25, 0.3) is 0 Å². The maximum Gasteiger partial charge on any atom is 0.157 e. The quantitative estimate of drug-likeness (QED) is 0.650. The van der Waals surface area contributed by atoms with E-state index in [0.717, 1.165) is 52.3 Å². The molecule has 1 aromatic carbocycles. The number of rotatable bonds is 5. The maximum absolute atomic E-state index is 9.39. The van der Waals surface area contributed by atoms with E-state index < -0.39 is 0 Å². The molecule has 0 spiro atoms. The predicted octanol–water partition coefficient (Wildman–Crippen LogP) is 4.22. The van der Waals surface area contributed by atoms with Crippen LogP contribution >= 0.6 is 0 Å². The summed E-state index contributed by atoms with van der Waals surface area (Å²) in [4.78, 5) is 9.43. The molecule has 0 unspecified atom stereocenters.